The molecule has 0 saturated heterocycles. The second-order valence-electron chi connectivity index (χ2n) is 5.39. The van der Waals surface area contributed by atoms with Crippen LogP contribution in [0.3, 0.4) is 0 Å². The highest BCUT2D eigenvalue weighted by Crippen LogP contribution is 2.23. The number of rotatable bonds is 3. The Balaban J connectivity index is 2.03. The van der Waals surface area contributed by atoms with Crippen molar-refractivity contribution in [2.75, 3.05) is 6.54 Å². The van der Waals surface area contributed by atoms with E-state index in [1.54, 1.807) is 0 Å². The summed E-state index contributed by atoms with van der Waals surface area (Å²) in [5.41, 5.74) is 9.75. The van der Waals surface area contributed by atoms with Crippen molar-refractivity contribution in [1.29, 1.82) is 0 Å². The fraction of sp³-hybridized carbons (Fsp3) is 0.150. The average Bonchev–Trinajstić information content (AvgIpc) is 2.75. The molecule has 1 aromatic carbocycles. The Morgan fingerprint density at radius 1 is 1.09 bits per heavy atom. The second-order valence-corrected chi connectivity index (χ2v) is 5.39. The maximum Gasteiger partial charge on any atom is 0.0972 e. The Labute approximate surface area is 136 Å². The molecule has 0 unspecified atom stereocenters. The Kier molecular flexibility index (Phi) is 4.10. The van der Waals surface area contributed by atoms with Gasteiger partial charge in [0.1, 0.15) is 0 Å². The van der Waals surface area contributed by atoms with Gasteiger partial charge in [-0.1, -0.05) is 41.5 Å². The van der Waals surface area contributed by atoms with Gasteiger partial charge >= 0.3 is 0 Å². The molecule has 0 radical (unpaired) electrons. The van der Waals surface area contributed by atoms with E-state index in [9.17, 15) is 0 Å². The van der Waals surface area contributed by atoms with Gasteiger partial charge in [0.15, 0.2) is 0 Å². The van der Waals surface area contributed by atoms with Crippen LogP contribution in [0, 0.1) is 26.2 Å². The topological polar surface area (TPSA) is 37.8 Å². The van der Waals surface area contributed by atoms with Crippen LogP contribution < -0.4 is 5.32 Å². The summed E-state index contributed by atoms with van der Waals surface area (Å²) < 4.78 is 0. The van der Waals surface area contributed by atoms with Gasteiger partial charge in [-0.2, -0.15) is 0 Å². The minimum Gasteiger partial charge on any atom is -0.368 e. The maximum absolute atomic E-state index is 5.27. The lowest BCUT2D eigenvalue weighted by Gasteiger charge is -2.08. The third-order valence-corrected chi connectivity index (χ3v) is 3.60. The quantitative estimate of drug-likeness (QED) is 0.696. The molecule has 1 aliphatic carbocycles. The van der Waals surface area contributed by atoms with E-state index in [2.05, 4.69) is 53.1 Å². The zero-order chi connectivity index (χ0) is 16.2. The Morgan fingerprint density at radius 2 is 1.87 bits per heavy atom. The highest BCUT2D eigenvalue weighted by atomic mass is 14.9. The standard InChI is InChI=1S/C20H17N3/c1-4-13-21-17-9-11-18-19(12-10-17)23-20(15(3)22-18)16-7-5-14(2)6-8-16/h1,5-9,11-12,21H,13H2,2-3H3. The van der Waals surface area contributed by atoms with Crippen molar-refractivity contribution in [1.82, 2.24) is 15.3 Å². The van der Waals surface area contributed by atoms with Crippen LogP contribution >= 0.6 is 0 Å². The number of aryl methyl sites for hydroxylation is 2. The van der Waals surface area contributed by atoms with E-state index in [1.807, 2.05) is 25.2 Å². The molecule has 3 nitrogen and oxygen atoms in total. The van der Waals surface area contributed by atoms with Gasteiger partial charge < -0.3 is 5.32 Å². The van der Waals surface area contributed by atoms with Crippen molar-refractivity contribution in [3.05, 3.63) is 64.4 Å². The zero-order valence-corrected chi connectivity index (χ0v) is 13.2. The van der Waals surface area contributed by atoms with Crippen LogP contribution in [0.25, 0.3) is 23.4 Å². The summed E-state index contributed by atoms with van der Waals surface area (Å²) in [6.07, 6.45) is 11.0. The fourth-order valence-electron chi connectivity index (χ4n) is 2.38. The normalized spacial score (nSPS) is 12.1. The summed E-state index contributed by atoms with van der Waals surface area (Å²) in [6, 6.07) is 8.31. The van der Waals surface area contributed by atoms with Crippen LogP contribution in [0.4, 0.5) is 0 Å². The van der Waals surface area contributed by atoms with Gasteiger partial charge in [-0.3, -0.25) is 0 Å². The molecule has 112 valence electrons. The molecule has 23 heavy (non-hydrogen) atoms. The lowest BCUT2D eigenvalue weighted by atomic mass is 10.1. The summed E-state index contributed by atoms with van der Waals surface area (Å²) in [5, 5.41) is 3.11. The number of hydrogen-bond acceptors (Lipinski definition) is 3. The summed E-state index contributed by atoms with van der Waals surface area (Å²) in [6.45, 7) is 4.52. The van der Waals surface area contributed by atoms with Crippen molar-refractivity contribution < 1.29 is 0 Å². The Morgan fingerprint density at radius 3 is 2.61 bits per heavy atom. The summed E-state index contributed by atoms with van der Waals surface area (Å²) in [4.78, 5) is 9.46. The predicted molar refractivity (Wildman–Crippen MR) is 94.3 cm³/mol. The number of nitrogens with zero attached hydrogens (tertiary/aromatic N) is 2. The molecule has 3 rings (SSSR count). The van der Waals surface area contributed by atoms with Gasteiger partial charge in [0.25, 0.3) is 0 Å². The monoisotopic (exact) mass is 299 g/mol. The zero-order valence-electron chi connectivity index (χ0n) is 13.2. The molecule has 0 saturated carbocycles. The first kappa shape index (κ1) is 14.8. The molecule has 3 heteroatoms. The number of fused-ring (bicyclic) bond motifs is 1. The molecule has 1 aliphatic rings. The highest BCUT2D eigenvalue weighted by molar-refractivity contribution is 5.69. The molecule has 0 amide bonds. The number of allylic oxidation sites excluding steroid dienone is 1. The van der Waals surface area contributed by atoms with Crippen LogP contribution in [0.15, 0.2) is 41.8 Å². The van der Waals surface area contributed by atoms with Crippen LogP contribution in [0.1, 0.15) is 22.6 Å². The molecule has 0 atom stereocenters. The van der Waals surface area contributed by atoms with E-state index in [4.69, 9.17) is 11.4 Å². The number of hydrogen-bond donors (Lipinski definition) is 1. The smallest absolute Gasteiger partial charge is 0.0972 e. The molecular formula is C20H17N3. The van der Waals surface area contributed by atoms with Gasteiger partial charge in [0, 0.05) is 11.6 Å². The van der Waals surface area contributed by atoms with Gasteiger partial charge in [-0.25, -0.2) is 9.97 Å². The lowest BCUT2D eigenvalue weighted by molar-refractivity contribution is 0.959. The summed E-state index contributed by atoms with van der Waals surface area (Å²) >= 11 is 0. The van der Waals surface area contributed by atoms with E-state index >= 15 is 0 Å². The Bertz CT molecular complexity index is 874. The van der Waals surface area contributed by atoms with Crippen molar-refractivity contribution >= 4 is 12.2 Å². The van der Waals surface area contributed by atoms with Crippen LogP contribution in [0.2, 0.25) is 0 Å². The van der Waals surface area contributed by atoms with Crippen LogP contribution in [-0.2, 0) is 0 Å². The van der Waals surface area contributed by atoms with Crippen molar-refractivity contribution in [2.24, 2.45) is 0 Å². The number of aromatic nitrogens is 2. The highest BCUT2D eigenvalue weighted by Gasteiger charge is 2.11. The largest absolute Gasteiger partial charge is 0.368 e. The maximum atomic E-state index is 5.27. The molecule has 0 bridgehead atoms. The summed E-state index contributed by atoms with van der Waals surface area (Å²) in [5.74, 6) is 2.55. The summed E-state index contributed by atoms with van der Waals surface area (Å²) in [7, 11) is 0. The predicted octanol–water partition coefficient (Wildman–Crippen LogP) is 3.51. The third kappa shape index (κ3) is 3.23. The van der Waals surface area contributed by atoms with Crippen molar-refractivity contribution in [3.8, 4) is 23.6 Å². The SMILES string of the molecule is C#CCNC1=C=Cc2nc(-c3ccc(C)cc3)c(C)nc2C=C1. The number of terminal acetylenes is 1. The van der Waals surface area contributed by atoms with Gasteiger partial charge in [0.05, 0.1) is 35.0 Å². The number of nitrogens with one attached hydrogen (secondary N) is 1. The molecule has 0 aliphatic heterocycles. The van der Waals surface area contributed by atoms with E-state index < -0.39 is 0 Å². The average molecular weight is 299 g/mol. The first-order valence-corrected chi connectivity index (χ1v) is 7.45. The molecule has 1 N–H and O–H groups in total. The molecule has 0 spiro atoms. The molecule has 1 aromatic heterocycles. The van der Waals surface area contributed by atoms with Crippen molar-refractivity contribution in [2.45, 2.75) is 13.8 Å². The van der Waals surface area contributed by atoms with Crippen molar-refractivity contribution in [3.63, 3.8) is 0 Å². The number of benzene rings is 1. The molecule has 0 fully saturated rings. The van der Waals surface area contributed by atoms with Crippen LogP contribution in [0.5, 0.6) is 0 Å². The van der Waals surface area contributed by atoms with Gasteiger partial charge in [0.2, 0.25) is 0 Å². The van der Waals surface area contributed by atoms with E-state index in [-0.39, 0.29) is 0 Å². The molecule has 2 aromatic rings. The Hall–Kier alpha value is -3.08. The minimum atomic E-state index is 0.464. The van der Waals surface area contributed by atoms with Gasteiger partial charge in [-0.05, 0) is 26.0 Å². The minimum absolute atomic E-state index is 0.464. The van der Waals surface area contributed by atoms with E-state index in [0.717, 1.165) is 34.0 Å². The lowest BCUT2D eigenvalue weighted by Crippen LogP contribution is -2.10. The molecule has 1 heterocycles. The fourth-order valence-corrected chi connectivity index (χ4v) is 2.38. The van der Waals surface area contributed by atoms with E-state index in [0.29, 0.717) is 6.54 Å². The second kappa shape index (κ2) is 6.36. The third-order valence-electron chi connectivity index (χ3n) is 3.60. The first-order valence-electron chi connectivity index (χ1n) is 7.45. The van der Waals surface area contributed by atoms with Gasteiger partial charge in [-0.15, -0.1) is 6.42 Å². The first-order chi connectivity index (χ1) is 11.2. The van der Waals surface area contributed by atoms with Crippen LogP contribution in [-0.4, -0.2) is 16.5 Å². The molecular weight excluding hydrogens is 282 g/mol. The van der Waals surface area contributed by atoms with E-state index in [1.165, 1.54) is 5.56 Å².